The Morgan fingerprint density at radius 1 is 1.08 bits per heavy atom. The quantitative estimate of drug-likeness (QED) is 0.340. The van der Waals surface area contributed by atoms with E-state index in [9.17, 15) is 23.3 Å². The molecule has 0 saturated carbocycles. The number of halogens is 3. The number of nitro groups is 1. The summed E-state index contributed by atoms with van der Waals surface area (Å²) in [6.07, 6.45) is -2.96. The molecule has 0 N–H and O–H groups in total. The number of fused-ring (bicyclic) bond motifs is 1. The van der Waals surface area contributed by atoms with E-state index in [-0.39, 0.29) is 18.4 Å². The van der Waals surface area contributed by atoms with E-state index >= 15 is 0 Å². The number of imidazole rings is 1. The average Bonchev–Trinajstić information content (AvgIpc) is 3.39. The molecule has 2 aromatic carbocycles. The van der Waals surface area contributed by atoms with E-state index in [1.54, 1.807) is 16.7 Å². The van der Waals surface area contributed by atoms with Gasteiger partial charge in [-0.15, -0.1) is 0 Å². The monoisotopic (exact) mass is 517 g/mol. The van der Waals surface area contributed by atoms with Crippen LogP contribution in [-0.4, -0.2) is 57.8 Å². The molecule has 1 atom stereocenters. The highest BCUT2D eigenvalue weighted by Crippen LogP contribution is 2.32. The van der Waals surface area contributed by atoms with Gasteiger partial charge >= 0.3 is 18.0 Å². The molecule has 3 heterocycles. The van der Waals surface area contributed by atoms with Crippen molar-refractivity contribution < 1.29 is 27.6 Å². The molecule has 0 spiro atoms. The maximum atomic E-state index is 12.8. The highest BCUT2D eigenvalue weighted by Gasteiger charge is 2.41. The van der Waals surface area contributed by atoms with E-state index < -0.39 is 22.3 Å². The number of hydrogen-bond donors (Lipinski definition) is 0. The molecule has 5 rings (SSSR count). The van der Waals surface area contributed by atoms with Crippen LogP contribution in [0, 0.1) is 10.1 Å². The normalized spacial score (nSPS) is 19.9. The lowest BCUT2D eigenvalue weighted by Crippen LogP contribution is -2.45. The first-order valence-electron chi connectivity index (χ1n) is 11.8. The van der Waals surface area contributed by atoms with Crippen LogP contribution < -0.4 is 14.4 Å². The van der Waals surface area contributed by atoms with Gasteiger partial charge < -0.3 is 24.5 Å². The van der Waals surface area contributed by atoms with Gasteiger partial charge in [-0.05, 0) is 53.8 Å². The highest BCUT2D eigenvalue weighted by atomic mass is 19.4. The topological polar surface area (TPSA) is 85.9 Å². The van der Waals surface area contributed by atoms with Crippen LogP contribution in [0.2, 0.25) is 0 Å². The second kappa shape index (κ2) is 9.58. The van der Waals surface area contributed by atoms with Crippen LogP contribution in [0.25, 0.3) is 0 Å². The molecule has 196 valence electrons. The van der Waals surface area contributed by atoms with E-state index in [0.29, 0.717) is 18.8 Å². The SMILES string of the molecule is C[C@@]1(COc2ccc(N3CCN(Cc4ccc(C(F)(F)F)cc4)CC3)cc2)Cn2cc([N+](=O)[O-])nc2O1. The number of nitrogens with zero attached hydrogens (tertiary/aromatic N) is 5. The first-order valence-corrected chi connectivity index (χ1v) is 11.8. The average molecular weight is 518 g/mol. The van der Waals surface area contributed by atoms with Crippen LogP contribution in [0.1, 0.15) is 18.1 Å². The van der Waals surface area contributed by atoms with Crippen molar-refractivity contribution in [1.82, 2.24) is 14.5 Å². The Morgan fingerprint density at radius 3 is 2.35 bits per heavy atom. The van der Waals surface area contributed by atoms with Gasteiger partial charge in [0.2, 0.25) is 0 Å². The lowest BCUT2D eigenvalue weighted by molar-refractivity contribution is -0.389. The van der Waals surface area contributed by atoms with Crippen molar-refractivity contribution in [2.45, 2.75) is 31.8 Å². The summed E-state index contributed by atoms with van der Waals surface area (Å²) in [7, 11) is 0. The molecule has 0 bridgehead atoms. The van der Waals surface area contributed by atoms with E-state index in [4.69, 9.17) is 9.47 Å². The van der Waals surface area contributed by atoms with Crippen molar-refractivity contribution in [2.75, 3.05) is 37.7 Å². The smallest absolute Gasteiger partial charge is 0.416 e. The fraction of sp³-hybridized carbons (Fsp3) is 0.400. The predicted octanol–water partition coefficient (Wildman–Crippen LogP) is 4.36. The zero-order valence-corrected chi connectivity index (χ0v) is 20.1. The van der Waals surface area contributed by atoms with Crippen LogP contribution >= 0.6 is 0 Å². The Kier molecular flexibility index (Phi) is 6.44. The molecule has 0 radical (unpaired) electrons. The fourth-order valence-corrected chi connectivity index (χ4v) is 4.57. The van der Waals surface area contributed by atoms with Gasteiger partial charge in [0.05, 0.1) is 12.1 Å². The molecular weight excluding hydrogens is 491 g/mol. The molecule has 0 amide bonds. The summed E-state index contributed by atoms with van der Waals surface area (Å²) in [5.41, 5.74) is 0.623. The third kappa shape index (κ3) is 5.63. The number of rotatable bonds is 7. The van der Waals surface area contributed by atoms with Crippen LogP contribution in [0.15, 0.2) is 54.7 Å². The first kappa shape index (κ1) is 24.9. The maximum Gasteiger partial charge on any atom is 0.416 e. The van der Waals surface area contributed by atoms with Crippen molar-refractivity contribution in [3.63, 3.8) is 0 Å². The van der Waals surface area contributed by atoms with Gasteiger partial charge in [-0.2, -0.15) is 13.2 Å². The van der Waals surface area contributed by atoms with Crippen molar-refractivity contribution in [3.8, 4) is 11.8 Å². The highest BCUT2D eigenvalue weighted by molar-refractivity contribution is 5.49. The maximum absolute atomic E-state index is 12.8. The molecule has 1 saturated heterocycles. The summed E-state index contributed by atoms with van der Waals surface area (Å²) in [6.45, 7) is 6.38. The molecule has 37 heavy (non-hydrogen) atoms. The minimum Gasteiger partial charge on any atom is -0.489 e. The van der Waals surface area contributed by atoms with Gasteiger partial charge in [-0.3, -0.25) is 9.47 Å². The standard InChI is InChI=1S/C25H26F3N5O4/c1-24(16-32-15-22(33(34)35)29-23(32)37-24)17-36-21-8-6-20(7-9-21)31-12-10-30(11-13-31)14-18-2-4-19(5-3-18)25(26,27)28/h2-9,15H,10-14,16-17H2,1H3/t24-/m0/s1. The summed E-state index contributed by atoms with van der Waals surface area (Å²) in [4.78, 5) is 18.7. The number of hydrogen-bond acceptors (Lipinski definition) is 7. The Labute approximate surface area is 211 Å². The number of piperazine rings is 1. The number of ether oxygens (including phenoxy) is 2. The lowest BCUT2D eigenvalue weighted by Gasteiger charge is -2.36. The number of aromatic nitrogens is 2. The van der Waals surface area contributed by atoms with Crippen LogP contribution in [0.4, 0.5) is 24.7 Å². The van der Waals surface area contributed by atoms with Crippen molar-refractivity contribution >= 4 is 11.5 Å². The van der Waals surface area contributed by atoms with Gasteiger partial charge in [0.1, 0.15) is 18.6 Å². The van der Waals surface area contributed by atoms with E-state index in [1.807, 2.05) is 31.2 Å². The predicted molar refractivity (Wildman–Crippen MR) is 129 cm³/mol. The molecule has 1 aromatic heterocycles. The minimum absolute atomic E-state index is 0.214. The number of benzene rings is 2. The second-order valence-electron chi connectivity index (χ2n) is 9.56. The summed E-state index contributed by atoms with van der Waals surface area (Å²) < 4.78 is 51.6. The molecule has 2 aliphatic heterocycles. The molecular formula is C25H26F3N5O4. The van der Waals surface area contributed by atoms with Gasteiger partial charge in [-0.1, -0.05) is 12.1 Å². The van der Waals surface area contributed by atoms with Crippen LogP contribution in [-0.2, 0) is 19.3 Å². The lowest BCUT2D eigenvalue weighted by atomic mass is 10.1. The van der Waals surface area contributed by atoms with Crippen molar-refractivity contribution in [1.29, 1.82) is 0 Å². The zero-order chi connectivity index (χ0) is 26.2. The second-order valence-corrected chi connectivity index (χ2v) is 9.56. The Bertz CT molecular complexity index is 1230. The van der Waals surface area contributed by atoms with Crippen molar-refractivity contribution in [2.24, 2.45) is 0 Å². The molecule has 1 fully saturated rings. The van der Waals surface area contributed by atoms with Gasteiger partial charge in [0.15, 0.2) is 5.60 Å². The largest absolute Gasteiger partial charge is 0.489 e. The third-order valence-corrected chi connectivity index (χ3v) is 6.56. The summed E-state index contributed by atoms with van der Waals surface area (Å²) >= 11 is 0. The summed E-state index contributed by atoms with van der Waals surface area (Å²) in [5.74, 6) is 0.444. The Morgan fingerprint density at radius 2 is 1.76 bits per heavy atom. The molecule has 2 aliphatic rings. The number of alkyl halides is 3. The van der Waals surface area contributed by atoms with Crippen LogP contribution in [0.5, 0.6) is 11.8 Å². The fourth-order valence-electron chi connectivity index (χ4n) is 4.57. The Hall–Kier alpha value is -3.80. The first-order chi connectivity index (χ1) is 17.6. The summed E-state index contributed by atoms with van der Waals surface area (Å²) in [5, 5.41) is 10.9. The van der Waals surface area contributed by atoms with Gasteiger partial charge in [-0.25, -0.2) is 0 Å². The third-order valence-electron chi connectivity index (χ3n) is 6.56. The van der Waals surface area contributed by atoms with Crippen molar-refractivity contribution in [3.05, 3.63) is 76.0 Å². The summed E-state index contributed by atoms with van der Waals surface area (Å²) in [6, 6.07) is 13.3. The van der Waals surface area contributed by atoms with E-state index in [2.05, 4.69) is 14.8 Å². The minimum atomic E-state index is -4.32. The molecule has 12 heteroatoms. The molecule has 0 aliphatic carbocycles. The molecule has 9 nitrogen and oxygen atoms in total. The zero-order valence-electron chi connectivity index (χ0n) is 20.1. The molecule has 0 unspecified atom stereocenters. The van der Waals surface area contributed by atoms with Gasteiger partial charge in [0, 0.05) is 43.4 Å². The molecule has 3 aromatic rings. The van der Waals surface area contributed by atoms with Gasteiger partial charge in [0.25, 0.3) is 0 Å². The van der Waals surface area contributed by atoms with Crippen LogP contribution in [0.3, 0.4) is 0 Å². The van der Waals surface area contributed by atoms with E-state index in [0.717, 1.165) is 49.6 Å². The Balaban J connectivity index is 1.09. The number of anilines is 1. The van der Waals surface area contributed by atoms with E-state index in [1.165, 1.54) is 6.20 Å².